The van der Waals surface area contributed by atoms with E-state index in [1.54, 1.807) is 12.4 Å². The standard InChI is InChI=1S/C20H20F3N5S/c1-26(12-14-2-4-16(5-3-14)20(21,22)23)13-27-19(29)28(17-6-7-17)18(25-27)15-8-10-24-11-9-15/h2-5,8-11,17H,6-7,12-13H2,1H3/p+1. The average Bonchev–Trinajstić information content (AvgIpc) is 3.47. The Hall–Kier alpha value is -2.52. The summed E-state index contributed by atoms with van der Waals surface area (Å²) in [5.74, 6) is 0.835. The number of quaternary nitrogens is 1. The van der Waals surface area contributed by atoms with Crippen LogP contribution in [0, 0.1) is 4.77 Å². The van der Waals surface area contributed by atoms with Gasteiger partial charge in [-0.1, -0.05) is 12.1 Å². The second-order valence-corrected chi connectivity index (χ2v) is 7.79. The van der Waals surface area contributed by atoms with Crippen LogP contribution in [-0.2, 0) is 19.4 Å². The van der Waals surface area contributed by atoms with Crippen LogP contribution in [0.15, 0.2) is 48.8 Å². The molecule has 152 valence electrons. The van der Waals surface area contributed by atoms with Crippen molar-refractivity contribution in [3.05, 3.63) is 64.7 Å². The number of rotatable bonds is 6. The molecule has 9 heteroatoms. The van der Waals surface area contributed by atoms with E-state index >= 15 is 0 Å². The van der Waals surface area contributed by atoms with Crippen molar-refractivity contribution in [2.75, 3.05) is 7.05 Å². The summed E-state index contributed by atoms with van der Waals surface area (Å²) in [6.07, 6.45) is 1.33. The number of nitrogens with zero attached hydrogens (tertiary/aromatic N) is 4. The van der Waals surface area contributed by atoms with E-state index in [0.29, 0.717) is 24.0 Å². The molecule has 4 rings (SSSR count). The van der Waals surface area contributed by atoms with Crippen LogP contribution >= 0.6 is 12.2 Å². The molecule has 1 aromatic carbocycles. The van der Waals surface area contributed by atoms with E-state index in [2.05, 4.69) is 9.55 Å². The van der Waals surface area contributed by atoms with Crippen molar-refractivity contribution in [3.63, 3.8) is 0 Å². The van der Waals surface area contributed by atoms with Crippen molar-refractivity contribution >= 4 is 12.2 Å². The summed E-state index contributed by atoms with van der Waals surface area (Å²) in [5, 5.41) is 4.75. The molecule has 1 atom stereocenters. The molecule has 1 fully saturated rings. The molecule has 1 saturated carbocycles. The fourth-order valence-electron chi connectivity index (χ4n) is 3.35. The molecule has 1 aliphatic rings. The molecule has 29 heavy (non-hydrogen) atoms. The minimum Gasteiger partial charge on any atom is -0.315 e. The Morgan fingerprint density at radius 1 is 1.10 bits per heavy atom. The van der Waals surface area contributed by atoms with E-state index in [1.165, 1.54) is 12.1 Å². The number of aromatic nitrogens is 4. The quantitative estimate of drug-likeness (QED) is 0.621. The fraction of sp³-hybridized carbons (Fsp3) is 0.350. The van der Waals surface area contributed by atoms with Gasteiger partial charge in [0.2, 0.25) is 4.77 Å². The molecule has 2 aromatic heterocycles. The second kappa shape index (κ2) is 7.72. The molecule has 0 amide bonds. The topological polar surface area (TPSA) is 40.1 Å². The lowest BCUT2D eigenvalue weighted by Crippen LogP contribution is -3.07. The number of halogens is 3. The normalized spacial score (nSPS) is 15.4. The molecule has 1 N–H and O–H groups in total. The van der Waals surface area contributed by atoms with Crippen LogP contribution in [0.25, 0.3) is 11.4 Å². The molecule has 2 heterocycles. The third-order valence-corrected chi connectivity index (χ3v) is 5.34. The molecular formula is C20H21F3N5S+. The second-order valence-electron chi connectivity index (χ2n) is 7.43. The number of alkyl halides is 3. The minimum atomic E-state index is -4.32. The zero-order valence-corrected chi connectivity index (χ0v) is 16.7. The van der Waals surface area contributed by atoms with Gasteiger partial charge in [0.1, 0.15) is 6.54 Å². The van der Waals surface area contributed by atoms with E-state index in [-0.39, 0.29) is 0 Å². The fourth-order valence-corrected chi connectivity index (χ4v) is 3.70. The van der Waals surface area contributed by atoms with Gasteiger partial charge in [-0.15, -0.1) is 5.10 Å². The molecule has 1 unspecified atom stereocenters. The highest BCUT2D eigenvalue weighted by atomic mass is 32.1. The van der Waals surface area contributed by atoms with Crippen LogP contribution < -0.4 is 4.90 Å². The van der Waals surface area contributed by atoms with E-state index in [1.807, 2.05) is 23.9 Å². The van der Waals surface area contributed by atoms with Crippen LogP contribution in [0.3, 0.4) is 0 Å². The lowest BCUT2D eigenvalue weighted by molar-refractivity contribution is -0.917. The van der Waals surface area contributed by atoms with Gasteiger partial charge in [-0.2, -0.15) is 17.9 Å². The molecule has 1 aliphatic carbocycles. The average molecular weight is 420 g/mol. The third kappa shape index (κ3) is 4.40. The summed E-state index contributed by atoms with van der Waals surface area (Å²) in [6.45, 7) is 1.10. The molecule has 3 aromatic rings. The highest BCUT2D eigenvalue weighted by molar-refractivity contribution is 7.71. The number of hydrogen-bond acceptors (Lipinski definition) is 3. The molecule has 0 bridgehead atoms. The summed E-state index contributed by atoms with van der Waals surface area (Å²) >= 11 is 5.68. The predicted molar refractivity (Wildman–Crippen MR) is 105 cm³/mol. The number of nitrogens with one attached hydrogen (secondary N) is 1. The maximum absolute atomic E-state index is 12.7. The Balaban J connectivity index is 1.53. The van der Waals surface area contributed by atoms with Crippen LogP contribution in [0.4, 0.5) is 13.2 Å². The van der Waals surface area contributed by atoms with E-state index in [4.69, 9.17) is 17.3 Å². The summed E-state index contributed by atoms with van der Waals surface area (Å²) in [6, 6.07) is 9.51. The van der Waals surface area contributed by atoms with Gasteiger partial charge in [-0.3, -0.25) is 9.55 Å². The Bertz CT molecular complexity index is 1040. The molecule has 0 aliphatic heterocycles. The maximum atomic E-state index is 12.7. The molecule has 5 nitrogen and oxygen atoms in total. The van der Waals surface area contributed by atoms with Crippen molar-refractivity contribution in [3.8, 4) is 11.4 Å². The van der Waals surface area contributed by atoms with Gasteiger partial charge >= 0.3 is 6.18 Å². The first kappa shape index (κ1) is 19.8. The molecule has 0 saturated heterocycles. The first-order valence-corrected chi connectivity index (χ1v) is 9.81. The van der Waals surface area contributed by atoms with Gasteiger partial charge in [-0.25, -0.2) is 0 Å². The predicted octanol–water partition coefficient (Wildman–Crippen LogP) is 3.50. The van der Waals surface area contributed by atoms with Crippen LogP contribution in [-0.4, -0.2) is 26.4 Å². The van der Waals surface area contributed by atoms with Crippen molar-refractivity contribution in [2.45, 2.75) is 38.3 Å². The van der Waals surface area contributed by atoms with Crippen LogP contribution in [0.2, 0.25) is 0 Å². The number of hydrogen-bond donors (Lipinski definition) is 1. The number of pyridine rings is 1. The zero-order chi connectivity index (χ0) is 20.6. The summed E-state index contributed by atoms with van der Waals surface area (Å²) < 4.78 is 42.8. The lowest BCUT2D eigenvalue weighted by atomic mass is 10.1. The minimum absolute atomic E-state index is 0.384. The zero-order valence-electron chi connectivity index (χ0n) is 15.9. The van der Waals surface area contributed by atoms with Crippen LogP contribution in [0.5, 0.6) is 0 Å². The van der Waals surface area contributed by atoms with E-state index < -0.39 is 11.7 Å². The van der Waals surface area contributed by atoms with Gasteiger partial charge < -0.3 is 4.90 Å². The smallest absolute Gasteiger partial charge is 0.315 e. The molecular weight excluding hydrogens is 399 g/mol. The Labute approximate surface area is 171 Å². The largest absolute Gasteiger partial charge is 0.416 e. The monoisotopic (exact) mass is 420 g/mol. The van der Waals surface area contributed by atoms with Crippen LogP contribution in [0.1, 0.15) is 30.0 Å². The maximum Gasteiger partial charge on any atom is 0.416 e. The first-order chi connectivity index (χ1) is 13.8. The third-order valence-electron chi connectivity index (χ3n) is 4.93. The number of benzene rings is 1. The Kier molecular flexibility index (Phi) is 5.26. The van der Waals surface area contributed by atoms with Gasteiger partial charge in [0.15, 0.2) is 12.5 Å². The lowest BCUT2D eigenvalue weighted by Gasteiger charge is -2.14. The van der Waals surface area contributed by atoms with E-state index in [0.717, 1.165) is 46.8 Å². The highest BCUT2D eigenvalue weighted by Crippen LogP contribution is 2.38. The summed E-state index contributed by atoms with van der Waals surface area (Å²) in [7, 11) is 1.97. The first-order valence-electron chi connectivity index (χ1n) is 9.40. The van der Waals surface area contributed by atoms with Crippen molar-refractivity contribution in [2.24, 2.45) is 0 Å². The van der Waals surface area contributed by atoms with Crippen molar-refractivity contribution in [1.82, 2.24) is 19.3 Å². The van der Waals surface area contributed by atoms with E-state index in [9.17, 15) is 13.2 Å². The highest BCUT2D eigenvalue weighted by Gasteiger charge is 2.31. The van der Waals surface area contributed by atoms with Gasteiger partial charge in [0, 0.05) is 29.6 Å². The van der Waals surface area contributed by atoms with Gasteiger partial charge in [0.05, 0.1) is 12.6 Å². The Morgan fingerprint density at radius 2 is 1.76 bits per heavy atom. The SMILES string of the molecule is C[NH+](Cc1ccc(C(F)(F)F)cc1)Cn1nc(-c2ccncc2)n(C2CC2)c1=S. The van der Waals surface area contributed by atoms with Gasteiger partial charge in [0.25, 0.3) is 0 Å². The van der Waals surface area contributed by atoms with Gasteiger partial charge in [-0.05, 0) is 49.3 Å². The van der Waals surface area contributed by atoms with Crippen molar-refractivity contribution < 1.29 is 18.1 Å². The Morgan fingerprint density at radius 3 is 2.34 bits per heavy atom. The summed E-state index contributed by atoms with van der Waals surface area (Å²) in [4.78, 5) is 5.13. The van der Waals surface area contributed by atoms with Crippen molar-refractivity contribution in [1.29, 1.82) is 0 Å². The summed E-state index contributed by atoms with van der Waals surface area (Å²) in [5.41, 5.74) is 1.17. The molecule has 0 spiro atoms. The molecule has 0 radical (unpaired) electrons.